The molecule has 4 rings (SSSR count). The van der Waals surface area contributed by atoms with Gasteiger partial charge in [0, 0.05) is 24.7 Å². The second-order valence-corrected chi connectivity index (χ2v) is 8.61. The monoisotopic (exact) mass is 413 g/mol. The van der Waals surface area contributed by atoms with Crippen LogP contribution in [0.15, 0.2) is 24.3 Å². The zero-order valence-electron chi connectivity index (χ0n) is 17.6. The molecule has 3 aliphatic heterocycles. The highest BCUT2D eigenvalue weighted by Gasteiger charge is 2.49. The molecule has 3 aliphatic rings. The maximum Gasteiger partial charge on any atom is 0.229 e. The highest BCUT2D eigenvalue weighted by atomic mass is 16.2. The molecule has 0 spiro atoms. The van der Waals surface area contributed by atoms with Crippen molar-refractivity contribution in [1.82, 2.24) is 20.9 Å². The first-order valence-electron chi connectivity index (χ1n) is 11.0. The molecule has 3 fully saturated rings. The van der Waals surface area contributed by atoms with Crippen LogP contribution < -0.4 is 21.3 Å². The number of rotatable bonds is 4. The average Bonchev–Trinajstić information content (AvgIpc) is 2.74. The molecule has 5 unspecified atom stereocenters. The lowest BCUT2D eigenvalue weighted by Crippen LogP contribution is -2.75. The smallest absolute Gasteiger partial charge is 0.229 e. The Bertz CT molecular complexity index is 811. The van der Waals surface area contributed by atoms with Gasteiger partial charge in [-0.3, -0.25) is 24.6 Å². The second kappa shape index (κ2) is 8.73. The van der Waals surface area contributed by atoms with Crippen LogP contribution >= 0.6 is 0 Å². The van der Waals surface area contributed by atoms with Crippen molar-refractivity contribution in [3.63, 3.8) is 0 Å². The van der Waals surface area contributed by atoms with Crippen LogP contribution in [0.2, 0.25) is 0 Å². The van der Waals surface area contributed by atoms with Gasteiger partial charge in [0.15, 0.2) is 0 Å². The summed E-state index contributed by atoms with van der Waals surface area (Å²) in [5, 5.41) is 12.2. The molecule has 3 amide bonds. The molecular weight excluding hydrogens is 382 g/mol. The average molecular weight is 414 g/mol. The summed E-state index contributed by atoms with van der Waals surface area (Å²) in [7, 11) is 0. The molecule has 8 heteroatoms. The Balaban J connectivity index is 1.49. The first-order chi connectivity index (χ1) is 14.5. The number of hydrogen-bond acceptors (Lipinski definition) is 5. The topological polar surface area (TPSA) is 103 Å². The summed E-state index contributed by atoms with van der Waals surface area (Å²) in [5.74, 6) is -2.07. The van der Waals surface area contributed by atoms with Crippen LogP contribution in [0.4, 0.5) is 5.69 Å². The molecule has 0 radical (unpaired) electrons. The Morgan fingerprint density at radius 3 is 2.67 bits per heavy atom. The summed E-state index contributed by atoms with van der Waals surface area (Å²) < 4.78 is 0. The van der Waals surface area contributed by atoms with Crippen molar-refractivity contribution in [3.8, 4) is 0 Å². The molecule has 0 bridgehead atoms. The fourth-order valence-electron chi connectivity index (χ4n) is 4.91. The molecule has 0 aromatic heterocycles. The Hall–Kier alpha value is -2.45. The number of nitrogens with zero attached hydrogens (tertiary/aromatic N) is 1. The molecule has 3 heterocycles. The van der Waals surface area contributed by atoms with Crippen LogP contribution in [0.3, 0.4) is 0 Å². The molecule has 8 nitrogen and oxygen atoms in total. The highest BCUT2D eigenvalue weighted by Crippen LogP contribution is 2.30. The largest absolute Gasteiger partial charge is 0.340 e. The van der Waals surface area contributed by atoms with Crippen LogP contribution in [-0.4, -0.2) is 47.7 Å². The number of benzene rings is 1. The molecule has 0 aliphatic carbocycles. The van der Waals surface area contributed by atoms with Gasteiger partial charge in [-0.2, -0.15) is 0 Å². The van der Waals surface area contributed by atoms with E-state index in [2.05, 4.69) is 33.1 Å². The first kappa shape index (κ1) is 20.8. The van der Waals surface area contributed by atoms with Gasteiger partial charge in [-0.05, 0) is 38.3 Å². The van der Waals surface area contributed by atoms with E-state index in [0.29, 0.717) is 11.7 Å². The summed E-state index contributed by atoms with van der Waals surface area (Å²) in [5.41, 5.74) is 1.75. The number of piperidine rings is 2. The van der Waals surface area contributed by atoms with E-state index in [1.54, 1.807) is 0 Å². The van der Waals surface area contributed by atoms with Crippen molar-refractivity contribution >= 4 is 23.4 Å². The van der Waals surface area contributed by atoms with Gasteiger partial charge in [0.25, 0.3) is 0 Å². The number of amides is 3. The first-order valence-corrected chi connectivity index (χ1v) is 11.0. The van der Waals surface area contributed by atoms with E-state index in [4.69, 9.17) is 0 Å². The third-order valence-electron chi connectivity index (χ3n) is 6.57. The van der Waals surface area contributed by atoms with Gasteiger partial charge in [0.05, 0.1) is 18.0 Å². The minimum atomic E-state index is -0.721. The number of carbonyl (C=O) groups excluding carboxylic acids is 3. The molecule has 0 saturated carbocycles. The zero-order valence-corrected chi connectivity index (χ0v) is 17.6. The van der Waals surface area contributed by atoms with Crippen LogP contribution in [0.25, 0.3) is 0 Å². The van der Waals surface area contributed by atoms with Crippen LogP contribution in [0.5, 0.6) is 0 Å². The van der Waals surface area contributed by atoms with Gasteiger partial charge in [-0.25, -0.2) is 0 Å². The van der Waals surface area contributed by atoms with E-state index in [-0.39, 0.29) is 30.4 Å². The number of aryl methyl sites for hydroxylation is 1. The van der Waals surface area contributed by atoms with Gasteiger partial charge >= 0.3 is 0 Å². The van der Waals surface area contributed by atoms with E-state index in [9.17, 15) is 14.4 Å². The summed E-state index contributed by atoms with van der Waals surface area (Å²) >= 11 is 0. The Morgan fingerprint density at radius 2 is 1.93 bits per heavy atom. The van der Waals surface area contributed by atoms with E-state index in [1.807, 2.05) is 31.2 Å². The fourth-order valence-corrected chi connectivity index (χ4v) is 4.91. The molecule has 162 valence electrons. The van der Waals surface area contributed by atoms with Gasteiger partial charge in [0.1, 0.15) is 6.29 Å². The van der Waals surface area contributed by atoms with Gasteiger partial charge in [-0.15, -0.1) is 0 Å². The van der Waals surface area contributed by atoms with Crippen molar-refractivity contribution in [2.45, 2.75) is 64.4 Å². The van der Waals surface area contributed by atoms with Crippen LogP contribution in [-0.2, 0) is 14.4 Å². The highest BCUT2D eigenvalue weighted by molar-refractivity contribution is 6.00. The Morgan fingerprint density at radius 1 is 1.17 bits per heavy atom. The fraction of sp³-hybridized carbons (Fsp3) is 0.591. The standard InChI is InChI=1S/C22H31N5O3/c1-3-15-6-4-5-11-27(15)22-25-19-18(21(30)26-22)16(12-17(28)24-19)20(29)23-14-9-7-13(2)8-10-14/h7-10,15-16,18-19,22,25H,3-6,11-12H2,1-2H3,(H,23,29)(H,24,28)(H,26,30). The molecule has 1 aromatic rings. The lowest BCUT2D eigenvalue weighted by atomic mass is 9.81. The van der Waals surface area contributed by atoms with E-state index >= 15 is 0 Å². The second-order valence-electron chi connectivity index (χ2n) is 8.61. The third kappa shape index (κ3) is 4.20. The summed E-state index contributed by atoms with van der Waals surface area (Å²) in [6, 6.07) is 7.87. The molecule has 3 saturated heterocycles. The van der Waals surface area contributed by atoms with Crippen LogP contribution in [0.1, 0.15) is 44.6 Å². The lowest BCUT2D eigenvalue weighted by Gasteiger charge is -2.49. The zero-order chi connectivity index (χ0) is 21.3. The van der Waals surface area contributed by atoms with Gasteiger partial charge < -0.3 is 16.0 Å². The van der Waals surface area contributed by atoms with E-state index < -0.39 is 18.0 Å². The molecule has 30 heavy (non-hydrogen) atoms. The maximum absolute atomic E-state index is 13.1. The predicted octanol–water partition coefficient (Wildman–Crippen LogP) is 1.28. The SMILES string of the molecule is CCC1CCCCN1C1NC(=O)C2C(NC(=O)CC2C(=O)Nc2ccc(C)cc2)N1. The summed E-state index contributed by atoms with van der Waals surface area (Å²) in [6.45, 7) is 5.03. The number of likely N-dealkylation sites (tertiary alicyclic amines) is 1. The molecule has 5 atom stereocenters. The Labute approximate surface area is 177 Å². The van der Waals surface area contributed by atoms with E-state index in [1.165, 1.54) is 6.42 Å². The van der Waals surface area contributed by atoms with Crippen molar-refractivity contribution < 1.29 is 14.4 Å². The molecule has 1 aromatic carbocycles. The van der Waals surface area contributed by atoms with E-state index in [0.717, 1.165) is 31.4 Å². The minimum absolute atomic E-state index is 0.0000721. The van der Waals surface area contributed by atoms with Gasteiger partial charge in [0.2, 0.25) is 17.7 Å². The number of fused-ring (bicyclic) bond motifs is 1. The third-order valence-corrected chi connectivity index (χ3v) is 6.57. The van der Waals surface area contributed by atoms with Crippen molar-refractivity contribution in [3.05, 3.63) is 29.8 Å². The minimum Gasteiger partial charge on any atom is -0.340 e. The normalized spacial score (nSPS) is 32.0. The number of carbonyl (C=O) groups is 3. The lowest BCUT2D eigenvalue weighted by molar-refractivity contribution is -0.148. The molecule has 4 N–H and O–H groups in total. The molecular formula is C22H31N5O3. The quantitative estimate of drug-likeness (QED) is 0.596. The van der Waals surface area contributed by atoms with Crippen molar-refractivity contribution in [1.29, 1.82) is 0 Å². The summed E-state index contributed by atoms with van der Waals surface area (Å²) in [6.07, 6.45) is 3.51. The number of nitrogens with one attached hydrogen (secondary N) is 4. The van der Waals surface area contributed by atoms with Gasteiger partial charge in [-0.1, -0.05) is 31.0 Å². The summed E-state index contributed by atoms with van der Waals surface area (Å²) in [4.78, 5) is 40.7. The van der Waals surface area contributed by atoms with Crippen LogP contribution in [0, 0.1) is 18.8 Å². The number of hydrogen-bond donors (Lipinski definition) is 4. The van der Waals surface area contributed by atoms with Crippen molar-refractivity contribution in [2.24, 2.45) is 11.8 Å². The Kier molecular flexibility index (Phi) is 6.06. The number of anilines is 1. The van der Waals surface area contributed by atoms with Crippen molar-refractivity contribution in [2.75, 3.05) is 11.9 Å². The predicted molar refractivity (Wildman–Crippen MR) is 113 cm³/mol. The maximum atomic E-state index is 13.1.